The number of nitrogens with zero attached hydrogens (tertiary/aromatic N) is 2. The van der Waals surface area contributed by atoms with E-state index in [9.17, 15) is 13.2 Å². The molecule has 0 unspecified atom stereocenters. The molecule has 0 aliphatic heterocycles. The van der Waals surface area contributed by atoms with Crippen LogP contribution >= 0.6 is 23.2 Å². The summed E-state index contributed by atoms with van der Waals surface area (Å²) in [5.74, 6) is -0.294. The topological polar surface area (TPSA) is 57.7 Å². The molecule has 0 N–H and O–H groups in total. The Bertz CT molecular complexity index is 901. The van der Waals surface area contributed by atoms with Gasteiger partial charge in [-0.05, 0) is 42.3 Å². The van der Waals surface area contributed by atoms with Crippen molar-refractivity contribution in [1.82, 2.24) is 4.90 Å². The van der Waals surface area contributed by atoms with E-state index in [4.69, 9.17) is 23.2 Å². The first kappa shape index (κ1) is 21.5. The Morgan fingerprint density at radius 1 is 1.07 bits per heavy atom. The first-order valence-electron chi connectivity index (χ1n) is 8.38. The highest BCUT2D eigenvalue weighted by atomic mass is 35.5. The fourth-order valence-corrected chi connectivity index (χ4v) is 4.36. The van der Waals surface area contributed by atoms with Gasteiger partial charge >= 0.3 is 0 Å². The normalized spacial score (nSPS) is 12.5. The second-order valence-electron chi connectivity index (χ2n) is 6.28. The number of likely N-dealkylation sites (N-methyl/N-ethyl adjacent to an activating group) is 1. The average molecular weight is 429 g/mol. The molecule has 0 saturated carbocycles. The van der Waals surface area contributed by atoms with Gasteiger partial charge in [0.25, 0.3) is 0 Å². The first-order chi connectivity index (χ1) is 12.6. The van der Waals surface area contributed by atoms with Crippen LogP contribution < -0.4 is 4.31 Å². The van der Waals surface area contributed by atoms with Crippen LogP contribution in [-0.4, -0.2) is 38.6 Å². The molecule has 146 valence electrons. The van der Waals surface area contributed by atoms with Crippen LogP contribution in [-0.2, 0) is 21.4 Å². The number of benzene rings is 2. The third kappa shape index (κ3) is 5.61. The average Bonchev–Trinajstić information content (AvgIpc) is 2.59. The Morgan fingerprint density at radius 2 is 1.70 bits per heavy atom. The number of rotatable bonds is 7. The quantitative estimate of drug-likeness (QED) is 0.663. The van der Waals surface area contributed by atoms with Crippen LogP contribution in [0.4, 0.5) is 5.69 Å². The van der Waals surface area contributed by atoms with Gasteiger partial charge < -0.3 is 4.90 Å². The maximum absolute atomic E-state index is 13.1. The maximum atomic E-state index is 13.1. The van der Waals surface area contributed by atoms with Crippen LogP contribution in [0.1, 0.15) is 18.9 Å². The second kappa shape index (κ2) is 8.95. The minimum absolute atomic E-state index is 0.294. The summed E-state index contributed by atoms with van der Waals surface area (Å²) >= 11 is 11.9. The van der Waals surface area contributed by atoms with Crippen molar-refractivity contribution < 1.29 is 13.2 Å². The molecule has 0 aromatic heterocycles. The highest BCUT2D eigenvalue weighted by Crippen LogP contribution is 2.26. The van der Waals surface area contributed by atoms with E-state index in [1.807, 2.05) is 12.1 Å². The molecular formula is C19H22Cl2N2O3S. The first-order valence-corrected chi connectivity index (χ1v) is 11.0. The number of carbonyl (C=O) groups excluding carboxylic acids is 1. The van der Waals surface area contributed by atoms with Crippen molar-refractivity contribution >= 4 is 44.8 Å². The highest BCUT2D eigenvalue weighted by Gasteiger charge is 2.33. The molecule has 0 saturated heterocycles. The summed E-state index contributed by atoms with van der Waals surface area (Å²) in [6.07, 6.45) is 1.41. The van der Waals surface area contributed by atoms with Crippen molar-refractivity contribution in [2.45, 2.75) is 25.9 Å². The maximum Gasteiger partial charge on any atom is 0.246 e. The van der Waals surface area contributed by atoms with Gasteiger partial charge in [-0.1, -0.05) is 48.3 Å². The number of hydrogen-bond donors (Lipinski definition) is 0. The Balaban J connectivity index is 2.32. The van der Waals surface area contributed by atoms with Crippen LogP contribution in [0.25, 0.3) is 0 Å². The Hall–Kier alpha value is -1.76. The molecule has 0 fully saturated rings. The van der Waals surface area contributed by atoms with Crippen LogP contribution in [0.3, 0.4) is 0 Å². The third-order valence-corrected chi connectivity index (χ3v) is 5.75. The monoisotopic (exact) mass is 428 g/mol. The number of hydrogen-bond acceptors (Lipinski definition) is 3. The number of anilines is 1. The van der Waals surface area contributed by atoms with Crippen molar-refractivity contribution in [2.75, 3.05) is 17.6 Å². The van der Waals surface area contributed by atoms with E-state index >= 15 is 0 Å². The van der Waals surface area contributed by atoms with Crippen molar-refractivity contribution in [2.24, 2.45) is 0 Å². The van der Waals surface area contributed by atoms with Crippen molar-refractivity contribution in [1.29, 1.82) is 0 Å². The van der Waals surface area contributed by atoms with Crippen molar-refractivity contribution in [3.8, 4) is 0 Å². The van der Waals surface area contributed by atoms with E-state index in [0.29, 0.717) is 28.7 Å². The molecule has 0 radical (unpaired) electrons. The second-order valence-corrected chi connectivity index (χ2v) is 9.02. The van der Waals surface area contributed by atoms with E-state index in [1.54, 1.807) is 44.3 Å². The largest absolute Gasteiger partial charge is 0.340 e. The van der Waals surface area contributed by atoms with E-state index in [1.165, 1.54) is 11.0 Å². The predicted octanol–water partition coefficient (Wildman–Crippen LogP) is 4.20. The summed E-state index contributed by atoms with van der Waals surface area (Å²) in [7, 11) is -2.04. The number of carbonyl (C=O) groups is 1. The molecule has 0 spiro atoms. The van der Waals surface area contributed by atoms with Gasteiger partial charge in [0.05, 0.1) is 11.9 Å². The molecule has 8 heteroatoms. The standard InChI is InChI=1S/C19H22Cl2N2O3S/c1-4-18(19(24)22(2)13-14-8-10-15(20)11-9-14)23(27(3,25)26)17-7-5-6-16(21)12-17/h5-12,18H,4,13H2,1-3H3/t18-/m0/s1. The zero-order valence-corrected chi connectivity index (χ0v) is 17.7. The summed E-state index contributed by atoms with van der Waals surface area (Å²) < 4.78 is 26.1. The summed E-state index contributed by atoms with van der Waals surface area (Å²) in [5.41, 5.74) is 1.27. The summed E-state index contributed by atoms with van der Waals surface area (Å²) in [4.78, 5) is 14.6. The van der Waals surface area contributed by atoms with Gasteiger partial charge in [0.2, 0.25) is 15.9 Å². The molecule has 2 aromatic carbocycles. The Morgan fingerprint density at radius 3 is 2.22 bits per heavy atom. The van der Waals surface area contributed by atoms with Crippen LogP contribution in [0.5, 0.6) is 0 Å². The predicted molar refractivity (Wildman–Crippen MR) is 111 cm³/mol. The molecule has 2 rings (SSSR count). The lowest BCUT2D eigenvalue weighted by Crippen LogP contribution is -2.49. The Kier molecular flexibility index (Phi) is 7.14. The fraction of sp³-hybridized carbons (Fsp3) is 0.316. The lowest BCUT2D eigenvalue weighted by Gasteiger charge is -2.33. The molecule has 0 aliphatic rings. The Labute approximate surface area is 170 Å². The fourth-order valence-electron chi connectivity index (χ4n) is 2.85. The SMILES string of the molecule is CC[C@@H](C(=O)N(C)Cc1ccc(Cl)cc1)N(c1cccc(Cl)c1)S(C)(=O)=O. The molecule has 0 heterocycles. The molecule has 1 atom stereocenters. The van der Waals surface area contributed by atoms with E-state index in [-0.39, 0.29) is 5.91 Å². The van der Waals surface area contributed by atoms with Crippen LogP contribution in [0.15, 0.2) is 48.5 Å². The van der Waals surface area contributed by atoms with Gasteiger partial charge in [-0.3, -0.25) is 9.10 Å². The zero-order valence-electron chi connectivity index (χ0n) is 15.4. The number of amides is 1. The molecule has 1 amide bonds. The molecule has 0 aliphatic carbocycles. The molecular weight excluding hydrogens is 407 g/mol. The number of halogens is 2. The molecule has 27 heavy (non-hydrogen) atoms. The van der Waals surface area contributed by atoms with Crippen molar-refractivity contribution in [3.63, 3.8) is 0 Å². The van der Waals surface area contributed by atoms with Gasteiger partial charge in [-0.2, -0.15) is 0 Å². The summed E-state index contributed by atoms with van der Waals surface area (Å²) in [5, 5.41) is 1.02. The van der Waals surface area contributed by atoms with Gasteiger partial charge in [-0.15, -0.1) is 0 Å². The number of sulfonamides is 1. The van der Waals surface area contributed by atoms with Crippen molar-refractivity contribution in [3.05, 3.63) is 64.1 Å². The summed E-state index contributed by atoms with van der Waals surface area (Å²) in [6.45, 7) is 2.13. The zero-order chi connectivity index (χ0) is 20.2. The van der Waals surface area contributed by atoms with Gasteiger partial charge in [-0.25, -0.2) is 8.42 Å². The minimum atomic E-state index is -3.69. The smallest absolute Gasteiger partial charge is 0.246 e. The lowest BCUT2D eigenvalue weighted by atomic mass is 10.1. The van der Waals surface area contributed by atoms with Crippen LogP contribution in [0.2, 0.25) is 10.0 Å². The van der Waals surface area contributed by atoms with Gasteiger partial charge in [0.1, 0.15) is 6.04 Å². The van der Waals surface area contributed by atoms with Crippen LogP contribution in [0, 0.1) is 0 Å². The van der Waals surface area contributed by atoms with E-state index in [0.717, 1.165) is 16.1 Å². The summed E-state index contributed by atoms with van der Waals surface area (Å²) in [6, 6.07) is 12.8. The van der Waals surface area contributed by atoms with E-state index < -0.39 is 16.1 Å². The van der Waals surface area contributed by atoms with Gasteiger partial charge in [0.15, 0.2) is 0 Å². The highest BCUT2D eigenvalue weighted by molar-refractivity contribution is 7.92. The van der Waals surface area contributed by atoms with Gasteiger partial charge in [0, 0.05) is 23.6 Å². The lowest BCUT2D eigenvalue weighted by molar-refractivity contribution is -0.131. The molecule has 0 bridgehead atoms. The molecule has 2 aromatic rings. The minimum Gasteiger partial charge on any atom is -0.340 e. The van der Waals surface area contributed by atoms with E-state index in [2.05, 4.69) is 0 Å². The molecule has 5 nitrogen and oxygen atoms in total. The third-order valence-electron chi connectivity index (χ3n) is 4.08.